The highest BCUT2D eigenvalue weighted by Crippen LogP contribution is 2.40. The number of nitrogens with one attached hydrogen (secondary N) is 1. The molecule has 0 radical (unpaired) electrons. The molecule has 1 amide bonds. The Bertz CT molecular complexity index is 1070. The van der Waals surface area contributed by atoms with Crippen molar-refractivity contribution in [2.75, 3.05) is 5.32 Å². The van der Waals surface area contributed by atoms with Gasteiger partial charge < -0.3 is 14.5 Å². The number of halogens is 5. The molecule has 2 heterocycles. The Labute approximate surface area is 170 Å². The summed E-state index contributed by atoms with van der Waals surface area (Å²) in [6.45, 7) is 1.19. The Balaban J connectivity index is 2.02. The van der Waals surface area contributed by atoms with E-state index in [1.807, 2.05) is 0 Å². The zero-order valence-electron chi connectivity index (χ0n) is 15.1. The van der Waals surface area contributed by atoms with Gasteiger partial charge in [-0.15, -0.1) is 13.2 Å². The van der Waals surface area contributed by atoms with Crippen LogP contribution in [0.15, 0.2) is 52.9 Å². The molecule has 0 unspecified atom stereocenters. The second-order valence-electron chi connectivity index (χ2n) is 5.93. The van der Waals surface area contributed by atoms with E-state index in [4.69, 9.17) is 4.42 Å². The average molecular weight is 445 g/mol. The van der Waals surface area contributed by atoms with Crippen LogP contribution >= 0.6 is 11.5 Å². The number of rotatable bonds is 6. The van der Waals surface area contributed by atoms with Crippen molar-refractivity contribution in [3.63, 3.8) is 0 Å². The van der Waals surface area contributed by atoms with Gasteiger partial charge in [-0.2, -0.15) is 13.2 Å². The molecule has 1 aromatic carbocycles. The van der Waals surface area contributed by atoms with Gasteiger partial charge in [-0.25, -0.2) is 4.98 Å². The van der Waals surface area contributed by atoms with Gasteiger partial charge in [0.15, 0.2) is 0 Å². The molecule has 0 saturated heterocycles. The first-order valence-electron chi connectivity index (χ1n) is 8.20. The van der Waals surface area contributed by atoms with E-state index >= 15 is 0 Å². The van der Waals surface area contributed by atoms with Crippen LogP contribution in [0.25, 0.3) is 10.6 Å². The summed E-state index contributed by atoms with van der Waals surface area (Å²) in [6.07, 6.45) is -4.76. The number of allylic oxidation sites excluding steroid dienone is 1. The van der Waals surface area contributed by atoms with Gasteiger partial charge in [-0.05, 0) is 42.2 Å². The van der Waals surface area contributed by atoms with Gasteiger partial charge >= 0.3 is 6.36 Å². The lowest BCUT2D eigenvalue weighted by molar-refractivity contribution is -0.274. The largest absolute Gasteiger partial charge is 0.573 e. The molecule has 3 aromatic rings. The predicted molar refractivity (Wildman–Crippen MR) is 97.3 cm³/mol. The zero-order valence-corrected chi connectivity index (χ0v) is 15.9. The van der Waals surface area contributed by atoms with Crippen LogP contribution in [0.5, 0.6) is 5.75 Å². The highest BCUT2D eigenvalue weighted by molar-refractivity contribution is 7.09. The highest BCUT2D eigenvalue weighted by Gasteiger charge is 2.33. The molecule has 0 aliphatic rings. The first-order chi connectivity index (χ1) is 14.1. The van der Waals surface area contributed by atoms with Gasteiger partial charge in [0.05, 0.1) is 23.1 Å². The summed E-state index contributed by atoms with van der Waals surface area (Å²) < 4.78 is 76.8. The molecule has 0 saturated carbocycles. The molecule has 6 nitrogen and oxygen atoms in total. The third-order valence-corrected chi connectivity index (χ3v) is 4.48. The van der Waals surface area contributed by atoms with Crippen molar-refractivity contribution in [3.8, 4) is 16.3 Å². The molecule has 0 aliphatic carbocycles. The Morgan fingerprint density at radius 1 is 1.27 bits per heavy atom. The fourth-order valence-electron chi connectivity index (χ4n) is 2.39. The average Bonchev–Trinajstić information content (AvgIpc) is 3.32. The van der Waals surface area contributed by atoms with Crippen LogP contribution in [0.1, 0.15) is 23.1 Å². The number of carbonyl (C=O) groups is 1. The van der Waals surface area contributed by atoms with E-state index < -0.39 is 24.1 Å². The smallest absolute Gasteiger partial charge is 0.472 e. The van der Waals surface area contributed by atoms with Crippen molar-refractivity contribution in [1.29, 1.82) is 0 Å². The predicted octanol–water partition coefficient (Wildman–Crippen LogP) is 5.66. The molecule has 0 atom stereocenters. The third kappa shape index (κ3) is 5.20. The third-order valence-electron chi connectivity index (χ3n) is 3.71. The van der Waals surface area contributed by atoms with Crippen LogP contribution in [-0.2, 0) is 6.42 Å². The van der Waals surface area contributed by atoms with E-state index in [1.165, 1.54) is 31.4 Å². The van der Waals surface area contributed by atoms with Gasteiger partial charge in [0, 0.05) is 6.42 Å². The molecule has 12 heteroatoms. The number of hydrogen-bond acceptors (Lipinski definition) is 6. The van der Waals surface area contributed by atoms with Crippen LogP contribution in [0.3, 0.4) is 0 Å². The number of hydrogen-bond donors (Lipinski definition) is 1. The van der Waals surface area contributed by atoms with Crippen LogP contribution in [0.4, 0.5) is 27.6 Å². The first kappa shape index (κ1) is 21.4. The minimum Gasteiger partial charge on any atom is -0.472 e. The standard InChI is InChI=1S/C18H12F5N3O3S/c1-9(15(19)20)7-13-25-17(30-26-13)14-11(24-16(27)10-5-6-28-8-10)3-2-4-12(14)29-18(21,22)23/h2-6,8H,7H2,1H3,(H,24,27). The summed E-state index contributed by atoms with van der Waals surface area (Å²) in [5, 5.41) is 2.43. The summed E-state index contributed by atoms with van der Waals surface area (Å²) in [5.41, 5.74) is -0.347. The van der Waals surface area contributed by atoms with Gasteiger partial charge in [-0.1, -0.05) is 6.07 Å². The molecule has 1 N–H and O–H groups in total. The number of benzene rings is 1. The molecular formula is C18H12F5N3O3S. The number of anilines is 1. The molecule has 2 aromatic heterocycles. The van der Waals surface area contributed by atoms with E-state index in [1.54, 1.807) is 0 Å². The summed E-state index contributed by atoms with van der Waals surface area (Å²) in [6, 6.07) is 5.02. The number of carbonyl (C=O) groups excluding carboxylic acids is 1. The van der Waals surface area contributed by atoms with Crippen molar-refractivity contribution in [2.45, 2.75) is 19.7 Å². The lowest BCUT2D eigenvalue weighted by atomic mass is 10.1. The van der Waals surface area contributed by atoms with Crippen LogP contribution < -0.4 is 10.1 Å². The highest BCUT2D eigenvalue weighted by atomic mass is 32.1. The minimum absolute atomic E-state index is 0.00535. The second-order valence-corrected chi connectivity index (χ2v) is 6.68. The quantitative estimate of drug-likeness (QED) is 0.496. The summed E-state index contributed by atoms with van der Waals surface area (Å²) >= 11 is 0.689. The Morgan fingerprint density at radius 3 is 2.67 bits per heavy atom. The van der Waals surface area contributed by atoms with Gasteiger partial charge in [0.1, 0.15) is 22.8 Å². The number of aromatic nitrogens is 2. The van der Waals surface area contributed by atoms with Gasteiger partial charge in [0.2, 0.25) is 0 Å². The van der Waals surface area contributed by atoms with E-state index in [0.717, 1.165) is 12.3 Å². The lowest BCUT2D eigenvalue weighted by Gasteiger charge is -2.15. The number of ether oxygens (including phenoxy) is 1. The lowest BCUT2D eigenvalue weighted by Crippen LogP contribution is -2.18. The molecule has 0 fully saturated rings. The normalized spacial score (nSPS) is 11.3. The maximum absolute atomic E-state index is 12.9. The molecule has 3 rings (SSSR count). The number of nitrogens with zero attached hydrogens (tertiary/aromatic N) is 2. The van der Waals surface area contributed by atoms with Crippen molar-refractivity contribution >= 4 is 23.1 Å². The molecule has 158 valence electrons. The number of furan rings is 1. The van der Waals surface area contributed by atoms with Crippen molar-refractivity contribution in [1.82, 2.24) is 9.36 Å². The Morgan fingerprint density at radius 2 is 2.03 bits per heavy atom. The van der Waals surface area contributed by atoms with Crippen LogP contribution in [0.2, 0.25) is 0 Å². The molecule has 0 bridgehead atoms. The maximum atomic E-state index is 12.9. The van der Waals surface area contributed by atoms with Crippen LogP contribution in [-0.4, -0.2) is 21.6 Å². The van der Waals surface area contributed by atoms with Crippen molar-refractivity contribution < 1.29 is 35.9 Å². The van der Waals surface area contributed by atoms with Gasteiger partial charge in [0.25, 0.3) is 12.0 Å². The fraction of sp³-hybridized carbons (Fsp3) is 0.167. The van der Waals surface area contributed by atoms with Crippen molar-refractivity contribution in [3.05, 3.63) is 59.8 Å². The molecule has 0 aliphatic heterocycles. The zero-order chi connectivity index (χ0) is 21.9. The van der Waals surface area contributed by atoms with Gasteiger partial charge in [-0.3, -0.25) is 4.79 Å². The monoisotopic (exact) mass is 445 g/mol. The second kappa shape index (κ2) is 8.61. The molecular weight excluding hydrogens is 433 g/mol. The molecule has 30 heavy (non-hydrogen) atoms. The van der Waals surface area contributed by atoms with E-state index in [2.05, 4.69) is 19.4 Å². The maximum Gasteiger partial charge on any atom is 0.573 e. The van der Waals surface area contributed by atoms with Crippen molar-refractivity contribution in [2.24, 2.45) is 0 Å². The minimum atomic E-state index is -5.01. The number of amides is 1. The number of alkyl halides is 3. The SMILES string of the molecule is CC(Cc1nsc(-c2c(NC(=O)c3ccoc3)cccc2OC(F)(F)F)n1)=C(F)F. The summed E-state index contributed by atoms with van der Waals surface area (Å²) in [4.78, 5) is 16.4. The topological polar surface area (TPSA) is 77.2 Å². The van der Waals surface area contributed by atoms with Crippen LogP contribution in [0, 0.1) is 0 Å². The Hall–Kier alpha value is -3.28. The van der Waals surface area contributed by atoms with E-state index in [0.29, 0.717) is 11.5 Å². The summed E-state index contributed by atoms with van der Waals surface area (Å²) in [7, 11) is 0. The molecule has 0 spiro atoms. The van der Waals surface area contributed by atoms with E-state index in [9.17, 15) is 26.7 Å². The Kier molecular flexibility index (Phi) is 6.15. The first-order valence-corrected chi connectivity index (χ1v) is 8.97. The summed E-state index contributed by atoms with van der Waals surface area (Å²) in [5.74, 6) is -1.27. The fourth-order valence-corrected chi connectivity index (χ4v) is 3.13. The van der Waals surface area contributed by atoms with E-state index in [-0.39, 0.29) is 39.6 Å².